The van der Waals surface area contributed by atoms with Crippen LogP contribution in [0.3, 0.4) is 0 Å². The van der Waals surface area contributed by atoms with Gasteiger partial charge >= 0.3 is 0 Å². The molecule has 0 unspecified atom stereocenters. The average molecular weight is 425 g/mol. The van der Waals surface area contributed by atoms with Crippen LogP contribution in [0.4, 0.5) is 0 Å². The van der Waals surface area contributed by atoms with Gasteiger partial charge in [-0.1, -0.05) is 36.0 Å². The second-order valence-corrected chi connectivity index (χ2v) is 7.89. The van der Waals surface area contributed by atoms with Crippen LogP contribution in [0, 0.1) is 6.92 Å². The molecule has 0 saturated heterocycles. The first-order valence-corrected chi connectivity index (χ1v) is 10.9. The van der Waals surface area contributed by atoms with E-state index in [9.17, 15) is 4.79 Å². The molecule has 1 aliphatic heterocycles. The Balaban J connectivity index is 1.41. The van der Waals surface area contributed by atoms with Crippen molar-refractivity contribution in [2.24, 2.45) is 0 Å². The number of hydrogen-bond acceptors (Lipinski definition) is 6. The Morgan fingerprint density at radius 1 is 1.17 bits per heavy atom. The van der Waals surface area contributed by atoms with Crippen LogP contribution in [0.2, 0.25) is 0 Å². The summed E-state index contributed by atoms with van der Waals surface area (Å²) in [4.78, 5) is 14.7. The van der Waals surface area contributed by atoms with Gasteiger partial charge in [0.25, 0.3) is 0 Å². The Kier molecular flexibility index (Phi) is 6.23. The quantitative estimate of drug-likeness (QED) is 0.541. The zero-order valence-electron chi connectivity index (χ0n) is 17.1. The lowest BCUT2D eigenvalue weighted by molar-refractivity contribution is -0.128. The Morgan fingerprint density at radius 2 is 1.97 bits per heavy atom. The lowest BCUT2D eigenvalue weighted by Gasteiger charge is -2.23. The van der Waals surface area contributed by atoms with Crippen molar-refractivity contribution in [1.29, 1.82) is 0 Å². The highest BCUT2D eigenvalue weighted by Gasteiger charge is 2.18. The average Bonchev–Trinajstić information content (AvgIpc) is 3.24. The Labute approximate surface area is 180 Å². The Hall–Kier alpha value is -3.00. The molecule has 1 aromatic heterocycles. The predicted molar refractivity (Wildman–Crippen MR) is 115 cm³/mol. The number of para-hydroxylation sites is 1. The molecule has 0 fully saturated rings. The fraction of sp³-hybridized carbons (Fsp3) is 0.318. The monoisotopic (exact) mass is 424 g/mol. The minimum Gasteiger partial charge on any atom is -0.486 e. The van der Waals surface area contributed by atoms with Gasteiger partial charge in [-0.05, 0) is 43.2 Å². The van der Waals surface area contributed by atoms with Gasteiger partial charge in [-0.25, -0.2) is 0 Å². The number of carbonyl (C=O) groups is 1. The van der Waals surface area contributed by atoms with Crippen LogP contribution < -0.4 is 9.47 Å². The fourth-order valence-electron chi connectivity index (χ4n) is 3.32. The third-order valence-corrected chi connectivity index (χ3v) is 5.86. The number of rotatable bonds is 7. The summed E-state index contributed by atoms with van der Waals surface area (Å²) in [5, 5.41) is 8.93. The molecule has 0 radical (unpaired) electrons. The van der Waals surface area contributed by atoms with Crippen LogP contribution in [0.25, 0.3) is 5.69 Å². The number of aryl methyl sites for hydroxylation is 1. The molecule has 0 N–H and O–H groups in total. The van der Waals surface area contributed by atoms with Crippen molar-refractivity contribution in [3.8, 4) is 17.2 Å². The van der Waals surface area contributed by atoms with E-state index in [1.807, 2.05) is 65.8 Å². The normalized spacial score (nSPS) is 12.6. The molecular weight excluding hydrogens is 400 g/mol. The van der Waals surface area contributed by atoms with Gasteiger partial charge in [-0.2, -0.15) is 0 Å². The molecule has 8 heteroatoms. The van der Waals surface area contributed by atoms with Crippen LogP contribution in [0.5, 0.6) is 11.5 Å². The van der Waals surface area contributed by atoms with Crippen molar-refractivity contribution < 1.29 is 14.3 Å². The van der Waals surface area contributed by atoms with Gasteiger partial charge in [-0.3, -0.25) is 9.36 Å². The zero-order chi connectivity index (χ0) is 20.9. The third-order valence-electron chi connectivity index (χ3n) is 4.93. The minimum atomic E-state index is 0.0525. The van der Waals surface area contributed by atoms with E-state index in [-0.39, 0.29) is 5.91 Å². The molecule has 2 heterocycles. The van der Waals surface area contributed by atoms with E-state index >= 15 is 0 Å². The largest absolute Gasteiger partial charge is 0.486 e. The highest BCUT2D eigenvalue weighted by atomic mass is 32.2. The number of carbonyl (C=O) groups excluding carboxylic acids is 1. The summed E-state index contributed by atoms with van der Waals surface area (Å²) in [5.74, 6) is 1.84. The number of fused-ring (bicyclic) bond motifs is 1. The van der Waals surface area contributed by atoms with Crippen molar-refractivity contribution in [2.75, 3.05) is 25.5 Å². The molecule has 4 rings (SSSR count). The van der Waals surface area contributed by atoms with Crippen LogP contribution >= 0.6 is 11.8 Å². The maximum Gasteiger partial charge on any atom is 0.233 e. The summed E-state index contributed by atoms with van der Waals surface area (Å²) in [6.07, 6.45) is 1.68. The molecule has 0 aliphatic carbocycles. The van der Waals surface area contributed by atoms with Gasteiger partial charge in [0, 0.05) is 13.1 Å². The molecule has 7 nitrogen and oxygen atoms in total. The SMILES string of the molecule is CCN(Cc1ccc2c(c1)OCCO2)C(=O)CSc1nncn1-c1ccccc1C. The number of nitrogens with zero attached hydrogens (tertiary/aromatic N) is 4. The first-order chi connectivity index (χ1) is 14.7. The second kappa shape index (κ2) is 9.21. The highest BCUT2D eigenvalue weighted by molar-refractivity contribution is 7.99. The molecule has 0 bridgehead atoms. The zero-order valence-corrected chi connectivity index (χ0v) is 17.9. The van der Waals surface area contributed by atoms with E-state index in [2.05, 4.69) is 10.2 Å². The summed E-state index contributed by atoms with van der Waals surface area (Å²) in [6, 6.07) is 13.9. The van der Waals surface area contributed by atoms with Crippen LogP contribution in [0.1, 0.15) is 18.1 Å². The highest BCUT2D eigenvalue weighted by Crippen LogP contribution is 2.31. The third kappa shape index (κ3) is 4.43. The molecule has 156 valence electrons. The summed E-state index contributed by atoms with van der Waals surface area (Å²) in [5.41, 5.74) is 3.16. The molecular formula is C22H24N4O3S. The molecule has 2 aromatic carbocycles. The van der Waals surface area contributed by atoms with E-state index in [0.29, 0.717) is 37.2 Å². The molecule has 3 aromatic rings. The van der Waals surface area contributed by atoms with E-state index in [1.54, 1.807) is 6.33 Å². The standard InChI is InChI=1S/C22H24N4O3S/c1-3-25(13-17-8-9-19-20(12-17)29-11-10-28-19)21(27)14-30-22-24-23-15-26(22)18-7-5-4-6-16(18)2/h4-9,12,15H,3,10-11,13-14H2,1-2H3. The lowest BCUT2D eigenvalue weighted by atomic mass is 10.2. The minimum absolute atomic E-state index is 0.0525. The summed E-state index contributed by atoms with van der Waals surface area (Å²) >= 11 is 1.40. The van der Waals surface area contributed by atoms with Crippen molar-refractivity contribution >= 4 is 17.7 Å². The lowest BCUT2D eigenvalue weighted by Crippen LogP contribution is -2.31. The van der Waals surface area contributed by atoms with Crippen LogP contribution in [-0.2, 0) is 11.3 Å². The number of amides is 1. The van der Waals surface area contributed by atoms with E-state index in [0.717, 1.165) is 28.3 Å². The maximum atomic E-state index is 12.9. The van der Waals surface area contributed by atoms with Gasteiger partial charge in [0.15, 0.2) is 16.7 Å². The van der Waals surface area contributed by atoms with Crippen molar-refractivity contribution in [2.45, 2.75) is 25.5 Å². The first kappa shape index (κ1) is 20.3. The van der Waals surface area contributed by atoms with E-state index in [1.165, 1.54) is 11.8 Å². The van der Waals surface area contributed by atoms with Gasteiger partial charge < -0.3 is 14.4 Å². The maximum absolute atomic E-state index is 12.9. The number of thioether (sulfide) groups is 1. The van der Waals surface area contributed by atoms with Crippen molar-refractivity contribution in [1.82, 2.24) is 19.7 Å². The number of aromatic nitrogens is 3. The van der Waals surface area contributed by atoms with E-state index < -0.39 is 0 Å². The van der Waals surface area contributed by atoms with E-state index in [4.69, 9.17) is 9.47 Å². The first-order valence-electron chi connectivity index (χ1n) is 9.91. The van der Waals surface area contributed by atoms with Gasteiger partial charge in [0.1, 0.15) is 19.5 Å². The van der Waals surface area contributed by atoms with Crippen LogP contribution in [0.15, 0.2) is 53.9 Å². The molecule has 0 saturated carbocycles. The molecule has 0 atom stereocenters. The molecule has 1 aliphatic rings. The number of benzene rings is 2. The number of hydrogen-bond donors (Lipinski definition) is 0. The van der Waals surface area contributed by atoms with Crippen molar-refractivity contribution in [3.05, 3.63) is 59.9 Å². The fourth-order valence-corrected chi connectivity index (χ4v) is 4.15. The summed E-state index contributed by atoms with van der Waals surface area (Å²) in [7, 11) is 0. The smallest absolute Gasteiger partial charge is 0.233 e. The predicted octanol–water partition coefficient (Wildman–Crippen LogP) is 3.49. The molecule has 0 spiro atoms. The van der Waals surface area contributed by atoms with Crippen LogP contribution in [-0.4, -0.2) is 51.1 Å². The van der Waals surface area contributed by atoms with Crippen molar-refractivity contribution in [3.63, 3.8) is 0 Å². The second-order valence-electron chi connectivity index (χ2n) is 6.94. The summed E-state index contributed by atoms with van der Waals surface area (Å²) in [6.45, 7) is 6.29. The summed E-state index contributed by atoms with van der Waals surface area (Å²) < 4.78 is 13.1. The topological polar surface area (TPSA) is 69.5 Å². The molecule has 1 amide bonds. The Morgan fingerprint density at radius 3 is 2.77 bits per heavy atom. The Bertz CT molecular complexity index is 1040. The number of ether oxygens (including phenoxy) is 2. The van der Waals surface area contributed by atoms with Gasteiger partial charge in [0.2, 0.25) is 5.91 Å². The molecule has 30 heavy (non-hydrogen) atoms. The van der Waals surface area contributed by atoms with Gasteiger partial charge in [0.05, 0.1) is 11.4 Å². The van der Waals surface area contributed by atoms with Gasteiger partial charge in [-0.15, -0.1) is 10.2 Å².